The quantitative estimate of drug-likeness (QED) is 0.781. The van der Waals surface area contributed by atoms with Crippen molar-refractivity contribution in [3.05, 3.63) is 47.1 Å². The minimum Gasteiger partial charge on any atom is -0.486 e. The Morgan fingerprint density at radius 1 is 1.07 bits per heavy atom. The minimum atomic E-state index is 0.0343. The molecule has 1 N–H and O–H groups in total. The molecule has 30 heavy (non-hydrogen) atoms. The molecule has 1 saturated heterocycles. The molecule has 2 fully saturated rings. The van der Waals surface area contributed by atoms with E-state index in [1.807, 2.05) is 24.3 Å². The van der Waals surface area contributed by atoms with Crippen LogP contribution in [0.15, 0.2) is 36.5 Å². The molecule has 2 aromatic rings. The standard InChI is InChI=1S/C23H26ClN3O3/c24-18-4-6-21(25-14-18)27-9-7-16(8-10-27)23(28)26-22(15-1-2-15)17-3-5-19-20(13-17)30-12-11-29-19/h3-6,13-16,22H,1-2,7-12H2,(H,26,28). The van der Waals surface area contributed by atoms with E-state index in [9.17, 15) is 4.79 Å². The molecule has 0 bridgehead atoms. The highest BCUT2D eigenvalue weighted by Gasteiger charge is 2.36. The summed E-state index contributed by atoms with van der Waals surface area (Å²) in [7, 11) is 0. The number of hydrogen-bond donors (Lipinski definition) is 1. The maximum atomic E-state index is 13.1. The molecule has 0 spiro atoms. The Balaban J connectivity index is 1.22. The average molecular weight is 428 g/mol. The van der Waals surface area contributed by atoms with Crippen molar-refractivity contribution in [1.29, 1.82) is 0 Å². The molecule has 2 aliphatic heterocycles. The predicted molar refractivity (Wildman–Crippen MR) is 115 cm³/mol. The van der Waals surface area contributed by atoms with Crippen molar-refractivity contribution in [2.75, 3.05) is 31.2 Å². The molecule has 7 heteroatoms. The van der Waals surface area contributed by atoms with E-state index < -0.39 is 0 Å². The SMILES string of the molecule is O=C(NC(c1ccc2c(c1)OCCO2)C1CC1)C1CCN(c2ccc(Cl)cn2)CC1. The van der Waals surface area contributed by atoms with Gasteiger partial charge in [-0.25, -0.2) is 4.98 Å². The van der Waals surface area contributed by atoms with Crippen LogP contribution >= 0.6 is 11.6 Å². The van der Waals surface area contributed by atoms with E-state index >= 15 is 0 Å². The van der Waals surface area contributed by atoms with Gasteiger partial charge in [-0.05, 0) is 61.4 Å². The number of nitrogens with zero attached hydrogens (tertiary/aromatic N) is 2. The maximum absolute atomic E-state index is 13.1. The van der Waals surface area contributed by atoms with Crippen LogP contribution in [0.4, 0.5) is 5.82 Å². The number of hydrogen-bond acceptors (Lipinski definition) is 5. The van der Waals surface area contributed by atoms with E-state index in [0.717, 1.165) is 61.7 Å². The Bertz CT molecular complexity index is 908. The van der Waals surface area contributed by atoms with Gasteiger partial charge in [-0.15, -0.1) is 0 Å². The lowest BCUT2D eigenvalue weighted by atomic mass is 9.94. The van der Waals surface area contributed by atoms with Crippen molar-refractivity contribution in [3.63, 3.8) is 0 Å². The van der Waals surface area contributed by atoms with Gasteiger partial charge >= 0.3 is 0 Å². The highest BCUT2D eigenvalue weighted by molar-refractivity contribution is 6.30. The van der Waals surface area contributed by atoms with Crippen molar-refractivity contribution >= 4 is 23.3 Å². The van der Waals surface area contributed by atoms with Gasteiger partial charge in [0.25, 0.3) is 0 Å². The summed E-state index contributed by atoms with van der Waals surface area (Å²) in [5.41, 5.74) is 1.11. The zero-order valence-corrected chi connectivity index (χ0v) is 17.6. The van der Waals surface area contributed by atoms with Crippen LogP contribution in [0.5, 0.6) is 11.5 Å². The van der Waals surface area contributed by atoms with Crippen molar-refractivity contribution < 1.29 is 14.3 Å². The lowest BCUT2D eigenvalue weighted by Crippen LogP contribution is -2.42. The lowest BCUT2D eigenvalue weighted by Gasteiger charge is -2.33. The topological polar surface area (TPSA) is 63.7 Å². The number of benzene rings is 1. The molecule has 1 saturated carbocycles. The summed E-state index contributed by atoms with van der Waals surface area (Å²) in [6.07, 6.45) is 5.63. The second kappa shape index (κ2) is 8.34. The normalized spacial score (nSPS) is 20.0. The fourth-order valence-electron chi connectivity index (χ4n) is 4.35. The third kappa shape index (κ3) is 4.19. The number of amides is 1. The van der Waals surface area contributed by atoms with E-state index in [0.29, 0.717) is 24.2 Å². The van der Waals surface area contributed by atoms with Gasteiger partial charge in [0.1, 0.15) is 19.0 Å². The third-order valence-electron chi connectivity index (χ3n) is 6.22. The molecule has 1 unspecified atom stereocenters. The summed E-state index contributed by atoms with van der Waals surface area (Å²) in [4.78, 5) is 19.7. The molecule has 6 nitrogen and oxygen atoms in total. The van der Waals surface area contributed by atoms with Gasteiger partial charge in [0.2, 0.25) is 5.91 Å². The van der Waals surface area contributed by atoms with E-state index in [-0.39, 0.29) is 17.9 Å². The number of halogens is 1. The van der Waals surface area contributed by atoms with Crippen LogP contribution in [0.3, 0.4) is 0 Å². The molecule has 158 valence electrons. The molecule has 1 aromatic carbocycles. The number of piperidine rings is 1. The van der Waals surface area contributed by atoms with E-state index in [1.165, 1.54) is 0 Å². The second-order valence-electron chi connectivity index (χ2n) is 8.32. The highest BCUT2D eigenvalue weighted by Crippen LogP contribution is 2.43. The Hall–Kier alpha value is -2.47. The number of carbonyl (C=O) groups is 1. The van der Waals surface area contributed by atoms with Crippen LogP contribution < -0.4 is 19.7 Å². The number of fused-ring (bicyclic) bond motifs is 1. The van der Waals surface area contributed by atoms with Gasteiger partial charge in [-0.3, -0.25) is 4.79 Å². The van der Waals surface area contributed by atoms with Gasteiger partial charge in [0, 0.05) is 25.2 Å². The predicted octanol–water partition coefficient (Wildman–Crippen LogP) is 3.99. The van der Waals surface area contributed by atoms with Crippen LogP contribution in [0.1, 0.15) is 37.3 Å². The smallest absolute Gasteiger partial charge is 0.223 e. The zero-order chi connectivity index (χ0) is 20.5. The summed E-state index contributed by atoms with van der Waals surface area (Å²) in [6.45, 7) is 2.80. The Morgan fingerprint density at radius 2 is 1.83 bits per heavy atom. The van der Waals surface area contributed by atoms with Gasteiger partial charge < -0.3 is 19.7 Å². The van der Waals surface area contributed by atoms with Gasteiger partial charge in [-0.1, -0.05) is 17.7 Å². The first kappa shape index (κ1) is 19.5. The lowest BCUT2D eigenvalue weighted by molar-refractivity contribution is -0.126. The van der Waals surface area contributed by atoms with Gasteiger partial charge in [0.15, 0.2) is 11.5 Å². The monoisotopic (exact) mass is 427 g/mol. The summed E-state index contributed by atoms with van der Waals surface area (Å²) in [6, 6.07) is 9.90. The van der Waals surface area contributed by atoms with E-state index in [4.69, 9.17) is 21.1 Å². The molecule has 1 amide bonds. The number of anilines is 1. The number of aromatic nitrogens is 1. The number of nitrogens with one attached hydrogen (secondary N) is 1. The first-order valence-corrected chi connectivity index (χ1v) is 11.1. The zero-order valence-electron chi connectivity index (χ0n) is 16.9. The van der Waals surface area contributed by atoms with E-state index in [2.05, 4.69) is 21.3 Å². The molecule has 1 atom stereocenters. The van der Waals surface area contributed by atoms with Crippen molar-refractivity contribution in [2.24, 2.45) is 11.8 Å². The molecule has 5 rings (SSSR count). The van der Waals surface area contributed by atoms with Crippen LogP contribution in [-0.2, 0) is 4.79 Å². The van der Waals surface area contributed by atoms with Crippen molar-refractivity contribution in [3.8, 4) is 11.5 Å². The number of carbonyl (C=O) groups excluding carboxylic acids is 1. The van der Waals surface area contributed by atoms with Crippen LogP contribution in [0.25, 0.3) is 0 Å². The first-order chi connectivity index (χ1) is 14.7. The molecule has 3 aliphatic rings. The molecular weight excluding hydrogens is 402 g/mol. The molecule has 0 radical (unpaired) electrons. The van der Waals surface area contributed by atoms with Gasteiger partial charge in [-0.2, -0.15) is 0 Å². The van der Waals surface area contributed by atoms with Crippen LogP contribution in [0, 0.1) is 11.8 Å². The van der Waals surface area contributed by atoms with E-state index in [1.54, 1.807) is 6.20 Å². The Morgan fingerprint density at radius 3 is 2.53 bits per heavy atom. The molecule has 3 heterocycles. The number of ether oxygens (including phenoxy) is 2. The molecular formula is C23H26ClN3O3. The highest BCUT2D eigenvalue weighted by atomic mass is 35.5. The summed E-state index contributed by atoms with van der Waals surface area (Å²) >= 11 is 5.94. The fourth-order valence-corrected chi connectivity index (χ4v) is 4.47. The average Bonchev–Trinajstić information content (AvgIpc) is 3.63. The summed E-state index contributed by atoms with van der Waals surface area (Å²) in [5.74, 6) is 3.19. The number of rotatable bonds is 5. The van der Waals surface area contributed by atoms with Crippen LogP contribution in [0.2, 0.25) is 5.02 Å². The first-order valence-electron chi connectivity index (χ1n) is 10.7. The molecule has 1 aliphatic carbocycles. The van der Waals surface area contributed by atoms with Crippen molar-refractivity contribution in [1.82, 2.24) is 10.3 Å². The molecule has 1 aromatic heterocycles. The minimum absolute atomic E-state index is 0.0343. The third-order valence-corrected chi connectivity index (χ3v) is 6.44. The van der Waals surface area contributed by atoms with Crippen molar-refractivity contribution in [2.45, 2.75) is 31.7 Å². The fraction of sp³-hybridized carbons (Fsp3) is 0.478. The summed E-state index contributed by atoms with van der Waals surface area (Å²) < 4.78 is 11.4. The summed E-state index contributed by atoms with van der Waals surface area (Å²) in [5, 5.41) is 3.98. The largest absolute Gasteiger partial charge is 0.486 e. The van der Waals surface area contributed by atoms with Crippen LogP contribution in [-0.4, -0.2) is 37.2 Å². The number of pyridine rings is 1. The Labute approximate surface area is 181 Å². The Kier molecular flexibility index (Phi) is 5.42. The maximum Gasteiger partial charge on any atom is 0.223 e. The van der Waals surface area contributed by atoms with Gasteiger partial charge in [0.05, 0.1) is 11.1 Å². The second-order valence-corrected chi connectivity index (χ2v) is 8.76.